The Kier molecular flexibility index (Phi) is 7.85. The molecule has 0 spiro atoms. The number of aliphatic hydroxyl groups is 1. The van der Waals surface area contributed by atoms with Gasteiger partial charge < -0.3 is 14.7 Å². The molecule has 4 nitrogen and oxygen atoms in total. The quantitative estimate of drug-likeness (QED) is 0.553. The summed E-state index contributed by atoms with van der Waals surface area (Å²) in [7, 11) is 0. The summed E-state index contributed by atoms with van der Waals surface area (Å²) in [5, 5.41) is 11.6. The average molecular weight is 477 g/mol. The van der Waals surface area contributed by atoms with Crippen LogP contribution in [0.1, 0.15) is 62.1 Å². The summed E-state index contributed by atoms with van der Waals surface area (Å²) in [6.07, 6.45) is -0.424. The number of halogens is 3. The molecule has 0 aromatic heterocycles. The van der Waals surface area contributed by atoms with Crippen LogP contribution in [-0.4, -0.2) is 59.6 Å². The van der Waals surface area contributed by atoms with Crippen molar-refractivity contribution in [2.75, 3.05) is 32.7 Å². The van der Waals surface area contributed by atoms with Crippen molar-refractivity contribution in [3.05, 3.63) is 65.7 Å². The molecule has 186 valence electrons. The molecule has 7 heteroatoms. The standard InChI is InChI=1S/C27H35F3N2O2/c1-21(22-9-4-2-5-10-22)32-17-15-31(16-18-32)20-25(26(33)13-6-3-7-14-26)23-11-8-12-24(19-23)34-27(28,29)30/h2,4-5,8-12,19,21,25,33H,3,6-7,13-18,20H2,1H3/t21-,25+/m0/s1. The highest BCUT2D eigenvalue weighted by molar-refractivity contribution is 5.33. The Morgan fingerprint density at radius 2 is 1.56 bits per heavy atom. The third-order valence-corrected chi connectivity index (χ3v) is 7.54. The lowest BCUT2D eigenvalue weighted by atomic mass is 9.72. The SMILES string of the molecule is C[C@@H](c1ccccc1)N1CCN(C[C@H](c2cccc(OC(F)(F)F)c2)C2(O)CCCCC2)CC1. The fourth-order valence-electron chi connectivity index (χ4n) is 5.56. The van der Waals surface area contributed by atoms with Gasteiger partial charge in [0.05, 0.1) is 5.60 Å². The van der Waals surface area contributed by atoms with Gasteiger partial charge in [-0.05, 0) is 43.0 Å². The molecule has 2 atom stereocenters. The van der Waals surface area contributed by atoms with Crippen LogP contribution in [0.5, 0.6) is 5.75 Å². The molecule has 1 N–H and O–H groups in total. The van der Waals surface area contributed by atoms with E-state index in [0.717, 1.165) is 45.4 Å². The molecule has 2 aromatic rings. The molecule has 2 aliphatic rings. The van der Waals surface area contributed by atoms with Crippen LogP contribution in [0.25, 0.3) is 0 Å². The van der Waals surface area contributed by atoms with Gasteiger partial charge in [-0.2, -0.15) is 0 Å². The Hall–Kier alpha value is -2.09. The van der Waals surface area contributed by atoms with Crippen molar-refractivity contribution in [3.8, 4) is 5.75 Å². The fourth-order valence-corrected chi connectivity index (χ4v) is 5.56. The number of alkyl halides is 3. The van der Waals surface area contributed by atoms with Gasteiger partial charge >= 0.3 is 6.36 Å². The fraction of sp³-hybridized carbons (Fsp3) is 0.556. The maximum atomic E-state index is 12.8. The first-order valence-electron chi connectivity index (χ1n) is 12.3. The van der Waals surface area contributed by atoms with Crippen LogP contribution in [0.2, 0.25) is 0 Å². The van der Waals surface area contributed by atoms with Gasteiger partial charge in [-0.3, -0.25) is 4.90 Å². The van der Waals surface area contributed by atoms with Gasteiger partial charge in [0.1, 0.15) is 5.75 Å². The summed E-state index contributed by atoms with van der Waals surface area (Å²) in [5.74, 6) is -0.487. The summed E-state index contributed by atoms with van der Waals surface area (Å²) < 4.78 is 42.6. The number of piperazine rings is 1. The monoisotopic (exact) mass is 476 g/mol. The van der Waals surface area contributed by atoms with Gasteiger partial charge in [-0.25, -0.2) is 0 Å². The molecule has 2 aromatic carbocycles. The molecule has 1 saturated heterocycles. The minimum Gasteiger partial charge on any atom is -0.406 e. The zero-order valence-electron chi connectivity index (χ0n) is 19.8. The van der Waals surface area contributed by atoms with Crippen LogP contribution >= 0.6 is 0 Å². The van der Waals surface area contributed by atoms with Gasteiger partial charge in [-0.1, -0.05) is 61.7 Å². The lowest BCUT2D eigenvalue weighted by Gasteiger charge is -2.44. The van der Waals surface area contributed by atoms with E-state index in [4.69, 9.17) is 0 Å². The summed E-state index contributed by atoms with van der Waals surface area (Å²) in [6.45, 7) is 6.41. The van der Waals surface area contributed by atoms with Crippen molar-refractivity contribution < 1.29 is 23.0 Å². The van der Waals surface area contributed by atoms with E-state index in [-0.39, 0.29) is 11.7 Å². The van der Waals surface area contributed by atoms with E-state index in [0.29, 0.717) is 31.0 Å². The van der Waals surface area contributed by atoms with Crippen LogP contribution in [-0.2, 0) is 0 Å². The molecule has 0 amide bonds. The average Bonchev–Trinajstić information content (AvgIpc) is 2.82. The molecule has 2 fully saturated rings. The molecule has 1 heterocycles. The van der Waals surface area contributed by atoms with Crippen molar-refractivity contribution in [3.63, 3.8) is 0 Å². The lowest BCUT2D eigenvalue weighted by Crippen LogP contribution is -2.51. The topological polar surface area (TPSA) is 35.9 Å². The van der Waals surface area contributed by atoms with Gasteiger partial charge in [0, 0.05) is 44.7 Å². The number of nitrogens with zero attached hydrogens (tertiary/aromatic N) is 2. The van der Waals surface area contributed by atoms with Crippen LogP contribution in [0.3, 0.4) is 0 Å². The van der Waals surface area contributed by atoms with E-state index in [9.17, 15) is 18.3 Å². The predicted molar refractivity (Wildman–Crippen MR) is 127 cm³/mol. The minimum absolute atomic E-state index is 0.226. The number of rotatable bonds is 7. The highest BCUT2D eigenvalue weighted by Crippen LogP contribution is 2.41. The Labute approximate surface area is 200 Å². The maximum Gasteiger partial charge on any atom is 0.573 e. The third kappa shape index (κ3) is 6.32. The van der Waals surface area contributed by atoms with Crippen LogP contribution in [0.15, 0.2) is 54.6 Å². The summed E-state index contributed by atoms with van der Waals surface area (Å²) in [6, 6.07) is 17.0. The Morgan fingerprint density at radius 3 is 2.21 bits per heavy atom. The van der Waals surface area contributed by atoms with E-state index in [1.54, 1.807) is 6.07 Å². The molecule has 0 unspecified atom stereocenters. The summed E-state index contributed by atoms with van der Waals surface area (Å²) in [5.41, 5.74) is 1.10. The Morgan fingerprint density at radius 1 is 0.912 bits per heavy atom. The smallest absolute Gasteiger partial charge is 0.406 e. The zero-order chi connectivity index (χ0) is 24.2. The second kappa shape index (κ2) is 10.7. The van der Waals surface area contributed by atoms with Crippen molar-refractivity contribution in [1.82, 2.24) is 9.80 Å². The lowest BCUT2D eigenvalue weighted by molar-refractivity contribution is -0.274. The molecule has 1 saturated carbocycles. The third-order valence-electron chi connectivity index (χ3n) is 7.54. The molecule has 0 bridgehead atoms. The van der Waals surface area contributed by atoms with E-state index < -0.39 is 12.0 Å². The normalized spacial score (nSPS) is 21.7. The van der Waals surface area contributed by atoms with Crippen molar-refractivity contribution in [2.24, 2.45) is 0 Å². The second-order valence-electron chi connectivity index (χ2n) is 9.76. The molecule has 1 aliphatic heterocycles. The molecular formula is C27H35F3N2O2. The van der Waals surface area contributed by atoms with Crippen molar-refractivity contribution in [1.29, 1.82) is 0 Å². The van der Waals surface area contributed by atoms with E-state index in [1.807, 2.05) is 12.1 Å². The largest absolute Gasteiger partial charge is 0.573 e. The van der Waals surface area contributed by atoms with E-state index in [2.05, 4.69) is 45.7 Å². The molecule has 4 rings (SSSR count). The number of ether oxygens (including phenoxy) is 1. The van der Waals surface area contributed by atoms with Crippen LogP contribution in [0.4, 0.5) is 13.2 Å². The van der Waals surface area contributed by atoms with E-state index in [1.165, 1.54) is 17.7 Å². The van der Waals surface area contributed by atoms with Gasteiger partial charge in [0.2, 0.25) is 0 Å². The highest BCUT2D eigenvalue weighted by atomic mass is 19.4. The Bertz CT molecular complexity index is 908. The minimum atomic E-state index is -4.73. The van der Waals surface area contributed by atoms with E-state index >= 15 is 0 Å². The molecule has 0 radical (unpaired) electrons. The number of hydrogen-bond donors (Lipinski definition) is 1. The van der Waals surface area contributed by atoms with Crippen LogP contribution in [0, 0.1) is 0 Å². The number of benzene rings is 2. The zero-order valence-corrected chi connectivity index (χ0v) is 19.8. The first kappa shape index (κ1) is 25.0. The molecular weight excluding hydrogens is 441 g/mol. The first-order chi connectivity index (χ1) is 16.2. The van der Waals surface area contributed by atoms with Crippen molar-refractivity contribution in [2.45, 2.75) is 63.0 Å². The van der Waals surface area contributed by atoms with Crippen LogP contribution < -0.4 is 4.74 Å². The van der Waals surface area contributed by atoms with Gasteiger partial charge in [0.15, 0.2) is 0 Å². The summed E-state index contributed by atoms with van der Waals surface area (Å²) in [4.78, 5) is 4.82. The summed E-state index contributed by atoms with van der Waals surface area (Å²) >= 11 is 0. The molecule has 1 aliphatic carbocycles. The maximum absolute atomic E-state index is 12.8. The predicted octanol–water partition coefficient (Wildman–Crippen LogP) is 5.74. The first-order valence-corrected chi connectivity index (χ1v) is 12.3. The highest BCUT2D eigenvalue weighted by Gasteiger charge is 2.40. The van der Waals surface area contributed by atoms with Gasteiger partial charge in [0.25, 0.3) is 0 Å². The van der Waals surface area contributed by atoms with Crippen molar-refractivity contribution >= 4 is 0 Å². The Balaban J connectivity index is 1.47. The molecule has 34 heavy (non-hydrogen) atoms. The second-order valence-corrected chi connectivity index (χ2v) is 9.76. The number of hydrogen-bond acceptors (Lipinski definition) is 4. The van der Waals surface area contributed by atoms with Gasteiger partial charge in [-0.15, -0.1) is 13.2 Å².